The first-order chi connectivity index (χ1) is 11.1. The molecule has 7 heteroatoms. The van der Waals surface area contributed by atoms with E-state index in [1.54, 1.807) is 32.2 Å². The van der Waals surface area contributed by atoms with Gasteiger partial charge in [0.15, 0.2) is 0 Å². The molecule has 0 aliphatic rings. The number of furan rings is 1. The van der Waals surface area contributed by atoms with Gasteiger partial charge in [-0.2, -0.15) is 5.10 Å². The fourth-order valence-corrected chi connectivity index (χ4v) is 2.00. The first-order valence-electron chi connectivity index (χ1n) is 6.78. The molecule has 1 aromatic carbocycles. The summed E-state index contributed by atoms with van der Waals surface area (Å²) in [6, 6.07) is 4.98. The Kier molecular flexibility index (Phi) is 5.24. The highest BCUT2D eigenvalue weighted by molar-refractivity contribution is 5.96. The molecular formula is C16H18N2O5. The summed E-state index contributed by atoms with van der Waals surface area (Å²) in [5.74, 6) is 1.78. The van der Waals surface area contributed by atoms with Crippen LogP contribution in [0, 0.1) is 6.92 Å². The molecule has 0 bridgehead atoms. The average molecular weight is 318 g/mol. The van der Waals surface area contributed by atoms with Crippen LogP contribution in [0.2, 0.25) is 0 Å². The molecule has 0 fully saturated rings. The average Bonchev–Trinajstić information content (AvgIpc) is 3.00. The third-order valence-corrected chi connectivity index (χ3v) is 3.22. The highest BCUT2D eigenvalue weighted by Gasteiger charge is 2.13. The number of amides is 1. The molecule has 0 radical (unpaired) electrons. The van der Waals surface area contributed by atoms with E-state index in [2.05, 4.69) is 10.5 Å². The maximum Gasteiger partial charge on any atom is 0.274 e. The van der Waals surface area contributed by atoms with Crippen molar-refractivity contribution in [2.75, 3.05) is 21.3 Å². The zero-order valence-corrected chi connectivity index (χ0v) is 13.4. The highest BCUT2D eigenvalue weighted by Crippen LogP contribution is 2.32. The Balaban J connectivity index is 2.22. The number of carbonyl (C=O) groups is 1. The first kappa shape index (κ1) is 16.4. The predicted octanol–water partition coefficient (Wildman–Crippen LogP) is 2.38. The van der Waals surface area contributed by atoms with Crippen molar-refractivity contribution >= 4 is 12.1 Å². The van der Waals surface area contributed by atoms with Gasteiger partial charge in [0.05, 0.1) is 44.9 Å². The number of nitrogens with one attached hydrogen (secondary N) is 1. The van der Waals surface area contributed by atoms with Crippen LogP contribution in [0.25, 0.3) is 0 Å². The van der Waals surface area contributed by atoms with Gasteiger partial charge < -0.3 is 18.6 Å². The molecule has 0 saturated carbocycles. The van der Waals surface area contributed by atoms with Crippen LogP contribution in [0.3, 0.4) is 0 Å². The van der Waals surface area contributed by atoms with E-state index in [1.165, 1.54) is 26.7 Å². The Morgan fingerprint density at radius 3 is 2.30 bits per heavy atom. The van der Waals surface area contributed by atoms with E-state index in [4.69, 9.17) is 18.6 Å². The number of nitrogens with zero attached hydrogens (tertiary/aromatic N) is 1. The van der Waals surface area contributed by atoms with E-state index in [0.717, 1.165) is 0 Å². The lowest BCUT2D eigenvalue weighted by atomic mass is 10.2. The summed E-state index contributed by atoms with van der Waals surface area (Å²) in [4.78, 5) is 12.0. The van der Waals surface area contributed by atoms with E-state index >= 15 is 0 Å². The van der Waals surface area contributed by atoms with Crippen LogP contribution in [0.15, 0.2) is 34.0 Å². The maximum atomic E-state index is 12.0. The van der Waals surface area contributed by atoms with Crippen LogP contribution < -0.4 is 19.6 Å². The Bertz CT molecular complexity index is 696. The lowest BCUT2D eigenvalue weighted by Gasteiger charge is -2.12. The minimum Gasteiger partial charge on any atom is -0.496 e. The van der Waals surface area contributed by atoms with Crippen LogP contribution in [0.4, 0.5) is 0 Å². The van der Waals surface area contributed by atoms with Crippen molar-refractivity contribution in [3.8, 4) is 17.2 Å². The molecule has 1 amide bonds. The molecular weight excluding hydrogens is 300 g/mol. The monoisotopic (exact) mass is 318 g/mol. The van der Waals surface area contributed by atoms with Crippen LogP contribution in [0.1, 0.15) is 21.7 Å². The lowest BCUT2D eigenvalue weighted by molar-refractivity contribution is 0.0953. The minimum atomic E-state index is -0.362. The standard InChI is InChI=1S/C16H18N2O5/c1-10-12(5-6-23-10)16(19)18-17-9-13-14(21-3)7-11(20-2)8-15(13)22-4/h5-9H,1-4H3,(H,18,19)/b17-9+. The van der Waals surface area contributed by atoms with Crippen molar-refractivity contribution in [2.45, 2.75) is 6.92 Å². The van der Waals surface area contributed by atoms with Crippen molar-refractivity contribution in [3.05, 3.63) is 41.3 Å². The van der Waals surface area contributed by atoms with Gasteiger partial charge >= 0.3 is 0 Å². The molecule has 0 spiro atoms. The van der Waals surface area contributed by atoms with E-state index in [1.807, 2.05) is 0 Å². The number of carbonyl (C=O) groups excluding carboxylic acids is 1. The van der Waals surface area contributed by atoms with Crippen LogP contribution in [-0.2, 0) is 0 Å². The van der Waals surface area contributed by atoms with E-state index in [-0.39, 0.29) is 5.91 Å². The Hall–Kier alpha value is -2.96. The zero-order chi connectivity index (χ0) is 16.8. The number of hydrogen-bond donors (Lipinski definition) is 1. The summed E-state index contributed by atoms with van der Waals surface area (Å²) in [5.41, 5.74) is 3.44. The van der Waals surface area contributed by atoms with Crippen LogP contribution >= 0.6 is 0 Å². The van der Waals surface area contributed by atoms with Gasteiger partial charge in [0.25, 0.3) is 5.91 Å². The summed E-state index contributed by atoms with van der Waals surface area (Å²) >= 11 is 0. The number of aryl methyl sites for hydroxylation is 1. The van der Waals surface area contributed by atoms with Gasteiger partial charge in [0, 0.05) is 12.1 Å². The number of hydrazone groups is 1. The smallest absolute Gasteiger partial charge is 0.274 e. The predicted molar refractivity (Wildman–Crippen MR) is 84.6 cm³/mol. The molecule has 122 valence electrons. The molecule has 1 heterocycles. The molecule has 0 atom stereocenters. The summed E-state index contributed by atoms with van der Waals surface area (Å²) in [6.45, 7) is 1.70. The van der Waals surface area contributed by atoms with E-state index in [9.17, 15) is 4.79 Å². The molecule has 7 nitrogen and oxygen atoms in total. The Morgan fingerprint density at radius 2 is 1.83 bits per heavy atom. The normalized spacial score (nSPS) is 10.6. The zero-order valence-electron chi connectivity index (χ0n) is 13.4. The summed E-state index contributed by atoms with van der Waals surface area (Å²) in [6.07, 6.45) is 2.90. The number of rotatable bonds is 6. The molecule has 2 aromatic rings. The van der Waals surface area contributed by atoms with Crippen LogP contribution in [-0.4, -0.2) is 33.5 Å². The first-order valence-corrected chi connectivity index (χ1v) is 6.78. The van der Waals surface area contributed by atoms with Gasteiger partial charge in [-0.1, -0.05) is 0 Å². The summed E-state index contributed by atoms with van der Waals surface area (Å²) in [5, 5.41) is 3.94. The van der Waals surface area contributed by atoms with Crippen molar-refractivity contribution < 1.29 is 23.4 Å². The van der Waals surface area contributed by atoms with E-state index in [0.29, 0.717) is 34.1 Å². The maximum absolute atomic E-state index is 12.0. The number of hydrogen-bond acceptors (Lipinski definition) is 6. The molecule has 1 N–H and O–H groups in total. The highest BCUT2D eigenvalue weighted by atomic mass is 16.5. The molecule has 0 saturated heterocycles. The number of benzene rings is 1. The molecule has 0 aliphatic carbocycles. The van der Waals surface area contributed by atoms with Gasteiger partial charge in [-0.3, -0.25) is 4.79 Å². The van der Waals surface area contributed by atoms with E-state index < -0.39 is 0 Å². The molecule has 2 rings (SSSR count). The molecule has 0 unspecified atom stereocenters. The largest absolute Gasteiger partial charge is 0.496 e. The van der Waals surface area contributed by atoms with Crippen molar-refractivity contribution in [1.29, 1.82) is 0 Å². The third-order valence-electron chi connectivity index (χ3n) is 3.22. The molecule has 1 aromatic heterocycles. The van der Waals surface area contributed by atoms with Crippen molar-refractivity contribution in [2.24, 2.45) is 5.10 Å². The summed E-state index contributed by atoms with van der Waals surface area (Å²) < 4.78 is 20.9. The summed E-state index contributed by atoms with van der Waals surface area (Å²) in [7, 11) is 4.60. The van der Waals surface area contributed by atoms with Crippen LogP contribution in [0.5, 0.6) is 17.2 Å². The van der Waals surface area contributed by atoms with Gasteiger partial charge in [0.1, 0.15) is 23.0 Å². The SMILES string of the molecule is COc1cc(OC)c(/C=N/NC(=O)c2ccoc2C)c(OC)c1. The topological polar surface area (TPSA) is 82.3 Å². The van der Waals surface area contributed by atoms with Gasteiger partial charge in [-0.15, -0.1) is 0 Å². The van der Waals surface area contributed by atoms with Gasteiger partial charge in [0.2, 0.25) is 0 Å². The fraction of sp³-hybridized carbons (Fsp3) is 0.250. The molecule has 23 heavy (non-hydrogen) atoms. The Labute approximate surface area is 133 Å². The third kappa shape index (κ3) is 3.63. The number of ether oxygens (including phenoxy) is 3. The fourth-order valence-electron chi connectivity index (χ4n) is 2.00. The van der Waals surface area contributed by atoms with Crippen molar-refractivity contribution in [3.63, 3.8) is 0 Å². The van der Waals surface area contributed by atoms with Gasteiger partial charge in [-0.25, -0.2) is 5.43 Å². The minimum absolute atomic E-state index is 0.362. The lowest BCUT2D eigenvalue weighted by Crippen LogP contribution is -2.17. The Morgan fingerprint density at radius 1 is 1.17 bits per heavy atom. The molecule has 0 aliphatic heterocycles. The quantitative estimate of drug-likeness (QED) is 0.653. The number of methoxy groups -OCH3 is 3. The second kappa shape index (κ2) is 7.35. The van der Waals surface area contributed by atoms with Crippen molar-refractivity contribution in [1.82, 2.24) is 5.43 Å². The van der Waals surface area contributed by atoms with Gasteiger partial charge in [-0.05, 0) is 13.0 Å². The second-order valence-corrected chi connectivity index (χ2v) is 4.54. The second-order valence-electron chi connectivity index (χ2n) is 4.54.